The maximum Gasteiger partial charge on any atom is 0.126 e. The molecule has 0 amide bonds. The molecule has 2 rings (SSSR count). The molecular weight excluding hydrogens is 265 g/mol. The van der Waals surface area contributed by atoms with E-state index in [4.69, 9.17) is 22.1 Å². The van der Waals surface area contributed by atoms with Gasteiger partial charge in [0.25, 0.3) is 0 Å². The molecule has 0 saturated carbocycles. The van der Waals surface area contributed by atoms with E-state index in [0.29, 0.717) is 22.8 Å². The lowest BCUT2D eigenvalue weighted by molar-refractivity contribution is 0.405. The minimum atomic E-state index is -0.343. The van der Waals surface area contributed by atoms with Gasteiger partial charge in [0.05, 0.1) is 7.11 Å². The lowest BCUT2D eigenvalue weighted by Crippen LogP contribution is -2.15. The maximum absolute atomic E-state index is 13.7. The first-order chi connectivity index (χ1) is 9.11. The minimum absolute atomic E-state index is 0.297. The van der Waals surface area contributed by atoms with Crippen LogP contribution < -0.4 is 10.5 Å². The molecule has 0 aromatic heterocycles. The third-order valence-corrected chi connectivity index (χ3v) is 3.22. The van der Waals surface area contributed by atoms with Crippen molar-refractivity contribution in [2.45, 2.75) is 12.5 Å². The topological polar surface area (TPSA) is 35.2 Å². The lowest BCUT2D eigenvalue weighted by Gasteiger charge is -2.16. The molecule has 0 aliphatic carbocycles. The van der Waals surface area contributed by atoms with Crippen LogP contribution in [-0.2, 0) is 6.42 Å². The number of methoxy groups -OCH3 is 1. The van der Waals surface area contributed by atoms with Gasteiger partial charge in [-0.25, -0.2) is 4.39 Å². The van der Waals surface area contributed by atoms with Gasteiger partial charge in [-0.3, -0.25) is 0 Å². The van der Waals surface area contributed by atoms with Crippen molar-refractivity contribution in [3.05, 3.63) is 64.4 Å². The molecule has 1 atom stereocenters. The summed E-state index contributed by atoms with van der Waals surface area (Å²) in [6, 6.07) is 11.6. The number of benzene rings is 2. The average molecular weight is 280 g/mol. The van der Waals surface area contributed by atoms with E-state index in [0.717, 1.165) is 5.56 Å². The monoisotopic (exact) mass is 279 g/mol. The highest BCUT2D eigenvalue weighted by atomic mass is 35.5. The molecule has 0 aliphatic rings. The molecule has 0 radical (unpaired) electrons. The normalized spacial score (nSPS) is 12.2. The molecule has 0 fully saturated rings. The SMILES string of the molecule is COc1ccccc1C(N)Cc1cc(Cl)ccc1F. The van der Waals surface area contributed by atoms with Crippen LogP contribution in [0.5, 0.6) is 5.75 Å². The van der Waals surface area contributed by atoms with Crippen molar-refractivity contribution < 1.29 is 9.13 Å². The van der Waals surface area contributed by atoms with E-state index in [1.807, 2.05) is 24.3 Å². The van der Waals surface area contributed by atoms with Crippen LogP contribution in [-0.4, -0.2) is 7.11 Å². The van der Waals surface area contributed by atoms with Crippen LogP contribution in [0.15, 0.2) is 42.5 Å². The van der Waals surface area contributed by atoms with Crippen LogP contribution in [0.2, 0.25) is 5.02 Å². The predicted molar refractivity (Wildman–Crippen MR) is 75.0 cm³/mol. The molecule has 100 valence electrons. The first kappa shape index (κ1) is 13.8. The molecule has 0 spiro atoms. The zero-order valence-corrected chi connectivity index (χ0v) is 11.3. The van der Waals surface area contributed by atoms with Gasteiger partial charge in [0.1, 0.15) is 11.6 Å². The Labute approximate surface area is 117 Å². The standard InChI is InChI=1S/C15H15ClFNO/c1-19-15-5-3-2-4-12(15)14(18)9-10-8-11(16)6-7-13(10)17/h2-8,14H,9,18H2,1H3. The summed E-state index contributed by atoms with van der Waals surface area (Å²) < 4.78 is 18.9. The molecule has 2 nitrogen and oxygen atoms in total. The van der Waals surface area contributed by atoms with Crippen molar-refractivity contribution in [2.75, 3.05) is 7.11 Å². The summed E-state index contributed by atoms with van der Waals surface area (Å²) in [5.41, 5.74) is 7.49. The van der Waals surface area contributed by atoms with Gasteiger partial charge in [-0.05, 0) is 36.2 Å². The highest BCUT2D eigenvalue weighted by Crippen LogP contribution is 2.27. The molecule has 19 heavy (non-hydrogen) atoms. The van der Waals surface area contributed by atoms with Crippen LogP contribution in [0.4, 0.5) is 4.39 Å². The Morgan fingerprint density at radius 2 is 2.00 bits per heavy atom. The van der Waals surface area contributed by atoms with Crippen LogP contribution in [0.1, 0.15) is 17.2 Å². The second kappa shape index (κ2) is 6.04. The van der Waals surface area contributed by atoms with Gasteiger partial charge in [0.15, 0.2) is 0 Å². The Bertz CT molecular complexity index is 574. The van der Waals surface area contributed by atoms with Crippen molar-refractivity contribution in [3.8, 4) is 5.75 Å². The van der Waals surface area contributed by atoms with E-state index in [1.165, 1.54) is 12.1 Å². The van der Waals surface area contributed by atoms with Gasteiger partial charge in [0, 0.05) is 16.6 Å². The summed E-state index contributed by atoms with van der Waals surface area (Å²) >= 11 is 5.87. The van der Waals surface area contributed by atoms with Crippen LogP contribution in [0, 0.1) is 5.82 Å². The Morgan fingerprint density at radius 1 is 1.26 bits per heavy atom. The van der Waals surface area contributed by atoms with Gasteiger partial charge < -0.3 is 10.5 Å². The van der Waals surface area contributed by atoms with Gasteiger partial charge in [-0.15, -0.1) is 0 Å². The zero-order valence-electron chi connectivity index (χ0n) is 10.6. The molecule has 2 aromatic carbocycles. The number of para-hydroxylation sites is 1. The molecular formula is C15H15ClFNO. The van der Waals surface area contributed by atoms with Crippen LogP contribution in [0.3, 0.4) is 0 Å². The quantitative estimate of drug-likeness (QED) is 0.925. The Hall–Kier alpha value is -1.58. The molecule has 0 bridgehead atoms. The van der Waals surface area contributed by atoms with E-state index >= 15 is 0 Å². The zero-order chi connectivity index (χ0) is 13.8. The van der Waals surface area contributed by atoms with Gasteiger partial charge >= 0.3 is 0 Å². The summed E-state index contributed by atoms with van der Waals surface area (Å²) in [5.74, 6) is 0.409. The Balaban J connectivity index is 2.25. The predicted octanol–water partition coefficient (Wildman–Crippen LogP) is 3.73. The fourth-order valence-corrected chi connectivity index (χ4v) is 2.21. The summed E-state index contributed by atoms with van der Waals surface area (Å²) in [7, 11) is 1.59. The molecule has 2 N–H and O–H groups in total. The minimum Gasteiger partial charge on any atom is -0.496 e. The highest BCUT2D eigenvalue weighted by Gasteiger charge is 2.14. The number of ether oxygens (including phenoxy) is 1. The fraction of sp³-hybridized carbons (Fsp3) is 0.200. The number of nitrogens with two attached hydrogens (primary N) is 1. The van der Waals surface area contributed by atoms with Gasteiger partial charge in [-0.1, -0.05) is 29.8 Å². The van der Waals surface area contributed by atoms with Crippen molar-refractivity contribution in [1.29, 1.82) is 0 Å². The van der Waals surface area contributed by atoms with E-state index in [1.54, 1.807) is 13.2 Å². The fourth-order valence-electron chi connectivity index (χ4n) is 2.02. The summed E-state index contributed by atoms with van der Waals surface area (Å²) in [6.45, 7) is 0. The average Bonchev–Trinajstić information content (AvgIpc) is 2.42. The molecule has 2 aromatic rings. The summed E-state index contributed by atoms with van der Waals surface area (Å²) in [5, 5.41) is 0.503. The van der Waals surface area contributed by atoms with Crippen molar-refractivity contribution in [2.24, 2.45) is 5.73 Å². The second-order valence-corrected chi connectivity index (χ2v) is 4.72. The van der Waals surface area contributed by atoms with E-state index in [2.05, 4.69) is 0 Å². The lowest BCUT2D eigenvalue weighted by atomic mass is 9.98. The van der Waals surface area contributed by atoms with Crippen molar-refractivity contribution in [1.82, 2.24) is 0 Å². The first-order valence-electron chi connectivity index (χ1n) is 5.94. The van der Waals surface area contributed by atoms with Crippen molar-refractivity contribution >= 4 is 11.6 Å². The smallest absolute Gasteiger partial charge is 0.126 e. The number of hydrogen-bond donors (Lipinski definition) is 1. The summed E-state index contributed by atoms with van der Waals surface area (Å²) in [4.78, 5) is 0. The largest absolute Gasteiger partial charge is 0.496 e. The van der Waals surface area contributed by atoms with Crippen molar-refractivity contribution in [3.63, 3.8) is 0 Å². The van der Waals surface area contributed by atoms with E-state index in [-0.39, 0.29) is 11.9 Å². The second-order valence-electron chi connectivity index (χ2n) is 4.29. The van der Waals surface area contributed by atoms with E-state index in [9.17, 15) is 4.39 Å². The molecule has 0 saturated heterocycles. The molecule has 0 heterocycles. The van der Waals surface area contributed by atoms with Gasteiger partial charge in [-0.2, -0.15) is 0 Å². The van der Waals surface area contributed by atoms with Gasteiger partial charge in [0.2, 0.25) is 0 Å². The van der Waals surface area contributed by atoms with E-state index < -0.39 is 0 Å². The first-order valence-corrected chi connectivity index (χ1v) is 6.32. The highest BCUT2D eigenvalue weighted by molar-refractivity contribution is 6.30. The third-order valence-electron chi connectivity index (χ3n) is 2.99. The number of halogens is 2. The molecule has 0 aliphatic heterocycles. The van der Waals surface area contributed by atoms with Crippen LogP contribution in [0.25, 0.3) is 0 Å². The number of hydrogen-bond acceptors (Lipinski definition) is 2. The Morgan fingerprint density at radius 3 is 2.74 bits per heavy atom. The number of rotatable bonds is 4. The molecule has 1 unspecified atom stereocenters. The van der Waals surface area contributed by atoms with Crippen LogP contribution >= 0.6 is 11.6 Å². The molecule has 4 heteroatoms. The third kappa shape index (κ3) is 3.25. The Kier molecular flexibility index (Phi) is 4.40. The summed E-state index contributed by atoms with van der Waals surface area (Å²) in [6.07, 6.45) is 0.368. The maximum atomic E-state index is 13.7.